The lowest BCUT2D eigenvalue weighted by molar-refractivity contribution is 0.0617. The third kappa shape index (κ3) is 2.74. The van der Waals surface area contributed by atoms with Crippen LogP contribution in [0, 0.1) is 5.92 Å². The van der Waals surface area contributed by atoms with Crippen molar-refractivity contribution in [3.8, 4) is 5.75 Å². The van der Waals surface area contributed by atoms with Crippen molar-refractivity contribution < 1.29 is 9.53 Å². The molecule has 1 saturated carbocycles. The highest BCUT2D eigenvalue weighted by atomic mass is 35.5. The third-order valence-corrected chi connectivity index (χ3v) is 6.89. The summed E-state index contributed by atoms with van der Waals surface area (Å²) in [6.07, 6.45) is 7.28. The van der Waals surface area contributed by atoms with E-state index in [4.69, 9.17) is 16.3 Å². The van der Waals surface area contributed by atoms with Gasteiger partial charge >= 0.3 is 0 Å². The van der Waals surface area contributed by atoms with E-state index >= 15 is 0 Å². The normalized spacial score (nSPS) is 35.6. The van der Waals surface area contributed by atoms with E-state index in [1.54, 1.807) is 6.07 Å². The van der Waals surface area contributed by atoms with Gasteiger partial charge in [-0.1, -0.05) is 18.0 Å². The molecule has 4 fully saturated rings. The summed E-state index contributed by atoms with van der Waals surface area (Å²) in [6.45, 7) is 3.33. The van der Waals surface area contributed by atoms with Gasteiger partial charge in [-0.05, 0) is 63.2 Å². The Morgan fingerprint density at radius 1 is 1.16 bits per heavy atom. The van der Waals surface area contributed by atoms with E-state index in [0.717, 1.165) is 30.7 Å². The summed E-state index contributed by atoms with van der Waals surface area (Å²) in [5, 5.41) is 3.93. The SMILES string of the molecule is O=C(NC1CN2CCC1CC2)c1cc(Cl)cc2c1O[C@H]1CCCC[C@@H]21. The second-order valence-corrected chi connectivity index (χ2v) is 8.57. The molecular weight excluding hydrogens is 336 g/mol. The number of halogens is 1. The van der Waals surface area contributed by atoms with Crippen LogP contribution in [0.1, 0.15) is 60.4 Å². The maximum Gasteiger partial charge on any atom is 0.255 e. The molecule has 4 heterocycles. The molecule has 0 spiro atoms. The average molecular weight is 361 g/mol. The summed E-state index contributed by atoms with van der Waals surface area (Å²) in [5.41, 5.74) is 1.78. The maximum atomic E-state index is 13.0. The fourth-order valence-electron chi connectivity index (χ4n) is 5.31. The van der Waals surface area contributed by atoms with Gasteiger partial charge in [-0.2, -0.15) is 0 Å². The fraction of sp³-hybridized carbons (Fsp3) is 0.650. The minimum atomic E-state index is -0.0175. The summed E-state index contributed by atoms with van der Waals surface area (Å²) in [7, 11) is 0. The number of piperidine rings is 3. The van der Waals surface area contributed by atoms with Gasteiger partial charge in [-0.3, -0.25) is 4.79 Å². The van der Waals surface area contributed by atoms with E-state index in [1.165, 1.54) is 38.8 Å². The predicted octanol–water partition coefficient (Wildman–Crippen LogP) is 3.58. The molecule has 25 heavy (non-hydrogen) atoms. The number of rotatable bonds is 2. The quantitative estimate of drug-likeness (QED) is 0.876. The molecule has 3 saturated heterocycles. The number of nitrogens with zero attached hydrogens (tertiary/aromatic N) is 1. The first kappa shape index (κ1) is 16.0. The van der Waals surface area contributed by atoms with Crippen molar-refractivity contribution in [1.29, 1.82) is 0 Å². The van der Waals surface area contributed by atoms with Gasteiger partial charge in [0.1, 0.15) is 11.9 Å². The molecule has 1 aliphatic carbocycles. The molecule has 4 nitrogen and oxygen atoms in total. The van der Waals surface area contributed by atoms with Gasteiger partial charge < -0.3 is 15.0 Å². The van der Waals surface area contributed by atoms with E-state index in [1.807, 2.05) is 6.07 Å². The molecule has 1 aromatic carbocycles. The van der Waals surface area contributed by atoms with Crippen molar-refractivity contribution in [1.82, 2.24) is 10.2 Å². The number of benzene rings is 1. The van der Waals surface area contributed by atoms with Gasteiger partial charge in [0.2, 0.25) is 0 Å². The minimum Gasteiger partial charge on any atom is -0.489 e. The zero-order valence-electron chi connectivity index (χ0n) is 14.5. The molecular formula is C20H25ClN2O2. The highest BCUT2D eigenvalue weighted by Gasteiger charge is 2.40. The lowest BCUT2D eigenvalue weighted by Gasteiger charge is -2.44. The van der Waals surface area contributed by atoms with Gasteiger partial charge in [-0.15, -0.1) is 0 Å². The second-order valence-electron chi connectivity index (χ2n) is 8.14. The van der Waals surface area contributed by atoms with Crippen molar-refractivity contribution in [2.45, 2.75) is 56.6 Å². The van der Waals surface area contributed by atoms with Crippen molar-refractivity contribution in [2.75, 3.05) is 19.6 Å². The molecule has 5 aliphatic rings. The molecule has 6 rings (SSSR count). The summed E-state index contributed by atoms with van der Waals surface area (Å²) >= 11 is 6.37. The second kappa shape index (κ2) is 6.17. The van der Waals surface area contributed by atoms with Crippen LogP contribution in [0.5, 0.6) is 5.75 Å². The molecule has 1 amide bonds. The number of carbonyl (C=O) groups excluding carboxylic acids is 1. The van der Waals surface area contributed by atoms with Crippen LogP contribution >= 0.6 is 11.6 Å². The molecule has 5 heteroatoms. The third-order valence-electron chi connectivity index (χ3n) is 6.67. The van der Waals surface area contributed by atoms with Gasteiger partial charge in [0.15, 0.2) is 0 Å². The van der Waals surface area contributed by atoms with E-state index < -0.39 is 0 Å². The smallest absolute Gasteiger partial charge is 0.255 e. The molecule has 4 aliphatic heterocycles. The first-order chi connectivity index (χ1) is 12.2. The zero-order valence-corrected chi connectivity index (χ0v) is 15.2. The van der Waals surface area contributed by atoms with Crippen LogP contribution in [0.3, 0.4) is 0 Å². The minimum absolute atomic E-state index is 0.0175. The Morgan fingerprint density at radius 2 is 1.96 bits per heavy atom. The summed E-state index contributed by atoms with van der Waals surface area (Å²) in [5.74, 6) is 1.80. The summed E-state index contributed by atoms with van der Waals surface area (Å²) in [6, 6.07) is 4.06. The van der Waals surface area contributed by atoms with Crippen LogP contribution in [-0.4, -0.2) is 42.6 Å². The molecule has 0 radical (unpaired) electrons. The van der Waals surface area contributed by atoms with Crippen molar-refractivity contribution in [3.05, 3.63) is 28.3 Å². The Kier molecular flexibility index (Phi) is 3.94. The first-order valence-corrected chi connectivity index (χ1v) is 10.1. The summed E-state index contributed by atoms with van der Waals surface area (Å²) in [4.78, 5) is 15.5. The molecule has 2 bridgehead atoms. The Labute approximate surface area is 153 Å². The largest absolute Gasteiger partial charge is 0.489 e. The monoisotopic (exact) mass is 360 g/mol. The number of hydrogen-bond donors (Lipinski definition) is 1. The lowest BCUT2D eigenvalue weighted by atomic mass is 9.82. The van der Waals surface area contributed by atoms with Crippen LogP contribution in [0.4, 0.5) is 0 Å². The van der Waals surface area contributed by atoms with Gasteiger partial charge in [-0.25, -0.2) is 0 Å². The fourth-order valence-corrected chi connectivity index (χ4v) is 5.54. The first-order valence-electron chi connectivity index (χ1n) is 9.72. The van der Waals surface area contributed by atoms with E-state index in [2.05, 4.69) is 10.2 Å². The number of carbonyl (C=O) groups is 1. The Balaban J connectivity index is 1.41. The Bertz CT molecular complexity index is 699. The number of hydrogen-bond acceptors (Lipinski definition) is 3. The Hall–Kier alpha value is -1.26. The van der Waals surface area contributed by atoms with Gasteiger partial charge in [0, 0.05) is 29.1 Å². The molecule has 3 atom stereocenters. The molecule has 1 aromatic rings. The molecule has 1 unspecified atom stereocenters. The van der Waals surface area contributed by atoms with Crippen molar-refractivity contribution in [3.63, 3.8) is 0 Å². The molecule has 0 aromatic heterocycles. The molecule has 1 N–H and O–H groups in total. The van der Waals surface area contributed by atoms with Crippen LogP contribution in [-0.2, 0) is 0 Å². The van der Waals surface area contributed by atoms with E-state index in [-0.39, 0.29) is 18.1 Å². The van der Waals surface area contributed by atoms with Crippen molar-refractivity contribution >= 4 is 17.5 Å². The number of nitrogens with one attached hydrogen (secondary N) is 1. The topological polar surface area (TPSA) is 41.6 Å². The average Bonchev–Trinajstić information content (AvgIpc) is 3.00. The predicted molar refractivity (Wildman–Crippen MR) is 97.5 cm³/mol. The number of ether oxygens (including phenoxy) is 1. The lowest BCUT2D eigenvalue weighted by Crippen LogP contribution is -2.57. The summed E-state index contributed by atoms with van der Waals surface area (Å²) < 4.78 is 6.24. The van der Waals surface area contributed by atoms with Crippen LogP contribution in [0.25, 0.3) is 0 Å². The van der Waals surface area contributed by atoms with Crippen LogP contribution in [0.2, 0.25) is 5.02 Å². The number of amides is 1. The maximum absolute atomic E-state index is 13.0. The van der Waals surface area contributed by atoms with Crippen LogP contribution < -0.4 is 10.1 Å². The van der Waals surface area contributed by atoms with E-state index in [0.29, 0.717) is 22.4 Å². The van der Waals surface area contributed by atoms with Gasteiger partial charge in [0.25, 0.3) is 5.91 Å². The Morgan fingerprint density at radius 3 is 2.72 bits per heavy atom. The van der Waals surface area contributed by atoms with Gasteiger partial charge in [0.05, 0.1) is 5.56 Å². The van der Waals surface area contributed by atoms with Crippen molar-refractivity contribution in [2.24, 2.45) is 5.92 Å². The highest BCUT2D eigenvalue weighted by Crippen LogP contribution is 2.48. The standard InChI is InChI=1S/C20H25ClN2O2/c21-13-9-15-14-3-1-2-4-18(14)25-19(15)16(10-13)20(24)22-17-11-23-7-5-12(17)6-8-23/h9-10,12,14,17-18H,1-8,11H2,(H,22,24)/t14-,17?,18-/m0/s1. The van der Waals surface area contributed by atoms with Crippen LogP contribution in [0.15, 0.2) is 12.1 Å². The van der Waals surface area contributed by atoms with E-state index in [9.17, 15) is 4.79 Å². The highest BCUT2D eigenvalue weighted by molar-refractivity contribution is 6.31. The zero-order chi connectivity index (χ0) is 17.0. The number of fused-ring (bicyclic) bond motifs is 6. The molecule has 134 valence electrons.